The van der Waals surface area contributed by atoms with E-state index in [1.807, 2.05) is 0 Å². The number of rotatable bonds is 2. The highest BCUT2D eigenvalue weighted by atomic mass is 35.5. The van der Waals surface area contributed by atoms with Crippen LogP contribution in [0, 0.1) is 12.7 Å². The van der Waals surface area contributed by atoms with E-state index in [1.54, 1.807) is 12.3 Å². The third kappa shape index (κ3) is 2.80. The maximum Gasteiger partial charge on any atom is 0.259 e. The van der Waals surface area contributed by atoms with E-state index in [0.29, 0.717) is 5.13 Å². The number of halogens is 3. The van der Waals surface area contributed by atoms with Gasteiger partial charge in [0.15, 0.2) is 5.13 Å². The van der Waals surface area contributed by atoms with Gasteiger partial charge in [-0.25, -0.2) is 9.37 Å². The number of thiazole rings is 1. The minimum atomic E-state index is -0.693. The van der Waals surface area contributed by atoms with Gasteiger partial charge in [-0.3, -0.25) is 10.1 Å². The van der Waals surface area contributed by atoms with Crippen molar-refractivity contribution in [3.05, 3.63) is 44.6 Å². The van der Waals surface area contributed by atoms with Crippen molar-refractivity contribution >= 4 is 45.6 Å². The van der Waals surface area contributed by atoms with Crippen LogP contribution in [0.15, 0.2) is 17.5 Å². The molecule has 0 unspecified atom stereocenters. The number of nitrogens with zero attached hydrogens (tertiary/aromatic N) is 1. The molecule has 1 aromatic heterocycles. The van der Waals surface area contributed by atoms with Crippen LogP contribution in [0.2, 0.25) is 10.0 Å². The molecule has 0 saturated carbocycles. The Balaban J connectivity index is 2.26. The predicted octanol–water partition coefficient (Wildman–Crippen LogP) is 4.15. The van der Waals surface area contributed by atoms with Gasteiger partial charge < -0.3 is 0 Å². The smallest absolute Gasteiger partial charge is 0.259 e. The van der Waals surface area contributed by atoms with Crippen LogP contribution in [0.1, 0.15) is 16.1 Å². The Hall–Kier alpha value is -1.17. The summed E-state index contributed by atoms with van der Waals surface area (Å²) in [5.74, 6) is -1.22. The monoisotopic (exact) mass is 304 g/mol. The Morgan fingerprint density at radius 3 is 2.72 bits per heavy atom. The Morgan fingerprint density at radius 2 is 2.11 bits per heavy atom. The Kier molecular flexibility index (Phi) is 3.85. The lowest BCUT2D eigenvalue weighted by molar-refractivity contribution is 0.102. The van der Waals surface area contributed by atoms with Crippen molar-refractivity contribution in [3.63, 3.8) is 0 Å². The average molecular weight is 305 g/mol. The van der Waals surface area contributed by atoms with Crippen LogP contribution in [0.4, 0.5) is 9.52 Å². The van der Waals surface area contributed by atoms with Crippen molar-refractivity contribution in [1.82, 2.24) is 4.98 Å². The topological polar surface area (TPSA) is 42.0 Å². The molecule has 3 nitrogen and oxygen atoms in total. The van der Waals surface area contributed by atoms with E-state index in [2.05, 4.69) is 10.3 Å². The van der Waals surface area contributed by atoms with E-state index in [-0.39, 0.29) is 15.6 Å². The fourth-order valence-corrected chi connectivity index (χ4v) is 2.42. The molecule has 0 radical (unpaired) electrons. The second kappa shape index (κ2) is 5.22. The maximum absolute atomic E-state index is 13.3. The summed E-state index contributed by atoms with van der Waals surface area (Å²) in [6.07, 6.45) is 0. The van der Waals surface area contributed by atoms with Crippen LogP contribution in [0.25, 0.3) is 0 Å². The zero-order valence-corrected chi connectivity index (χ0v) is 11.5. The fraction of sp³-hybridized carbons (Fsp3) is 0.0909. The second-order valence-electron chi connectivity index (χ2n) is 3.49. The molecule has 7 heteroatoms. The van der Waals surface area contributed by atoms with Gasteiger partial charge in [-0.05, 0) is 19.1 Å². The third-order valence-electron chi connectivity index (χ3n) is 2.09. The zero-order chi connectivity index (χ0) is 13.3. The molecule has 2 aromatic rings. The van der Waals surface area contributed by atoms with Gasteiger partial charge in [-0.2, -0.15) is 0 Å². The minimum absolute atomic E-state index is 0.0198. The summed E-state index contributed by atoms with van der Waals surface area (Å²) in [7, 11) is 0. The second-order valence-corrected chi connectivity index (χ2v) is 5.17. The lowest BCUT2D eigenvalue weighted by Crippen LogP contribution is -2.12. The molecule has 0 saturated heterocycles. The summed E-state index contributed by atoms with van der Waals surface area (Å²) >= 11 is 12.7. The quantitative estimate of drug-likeness (QED) is 0.847. The Bertz CT molecular complexity index is 615. The first-order valence-electron chi connectivity index (χ1n) is 4.85. The maximum atomic E-state index is 13.3. The largest absolute Gasteiger partial charge is 0.298 e. The summed E-state index contributed by atoms with van der Waals surface area (Å²) in [6.45, 7) is 1.81. The summed E-state index contributed by atoms with van der Waals surface area (Å²) in [6, 6.07) is 2.20. The zero-order valence-electron chi connectivity index (χ0n) is 9.13. The Morgan fingerprint density at radius 1 is 1.39 bits per heavy atom. The molecule has 2 rings (SSSR count). The van der Waals surface area contributed by atoms with Crippen molar-refractivity contribution in [3.8, 4) is 0 Å². The molecule has 94 valence electrons. The molecule has 0 bridgehead atoms. The number of aromatic nitrogens is 1. The molecule has 0 aliphatic heterocycles. The summed E-state index contributed by atoms with van der Waals surface area (Å²) in [4.78, 5) is 15.9. The van der Waals surface area contributed by atoms with Crippen molar-refractivity contribution < 1.29 is 9.18 Å². The highest BCUT2D eigenvalue weighted by molar-refractivity contribution is 7.13. The number of nitrogens with one attached hydrogen (secondary N) is 1. The van der Waals surface area contributed by atoms with Crippen molar-refractivity contribution in [2.45, 2.75) is 6.92 Å². The number of carbonyl (C=O) groups excluding carboxylic acids is 1. The number of hydrogen-bond acceptors (Lipinski definition) is 3. The van der Waals surface area contributed by atoms with Crippen LogP contribution in [-0.4, -0.2) is 10.9 Å². The lowest BCUT2D eigenvalue weighted by Gasteiger charge is -2.05. The van der Waals surface area contributed by atoms with Gasteiger partial charge in [0.1, 0.15) is 5.82 Å². The van der Waals surface area contributed by atoms with Crippen LogP contribution >= 0.6 is 34.5 Å². The summed E-state index contributed by atoms with van der Waals surface area (Å²) in [5.41, 5.74) is 0.815. The van der Waals surface area contributed by atoms with E-state index in [4.69, 9.17) is 23.2 Å². The highest BCUT2D eigenvalue weighted by Gasteiger charge is 2.15. The first-order chi connectivity index (χ1) is 8.47. The molecule has 1 aromatic carbocycles. The minimum Gasteiger partial charge on any atom is -0.298 e. The first kappa shape index (κ1) is 13.3. The third-order valence-corrected chi connectivity index (χ3v) is 3.57. The van der Waals surface area contributed by atoms with E-state index < -0.39 is 11.7 Å². The number of anilines is 1. The number of aryl methyl sites for hydroxylation is 1. The van der Waals surface area contributed by atoms with E-state index in [0.717, 1.165) is 11.8 Å². The lowest BCUT2D eigenvalue weighted by atomic mass is 10.2. The number of amides is 1. The fourth-order valence-electron chi connectivity index (χ4n) is 1.27. The van der Waals surface area contributed by atoms with Crippen molar-refractivity contribution in [2.75, 3.05) is 5.32 Å². The molecule has 1 heterocycles. The Labute approximate surface area is 117 Å². The summed E-state index contributed by atoms with van der Waals surface area (Å²) in [5, 5.41) is 4.73. The normalized spacial score (nSPS) is 10.4. The van der Waals surface area contributed by atoms with Crippen molar-refractivity contribution in [1.29, 1.82) is 0 Å². The molecule has 0 aliphatic carbocycles. The van der Waals surface area contributed by atoms with Gasteiger partial charge in [-0.1, -0.05) is 23.2 Å². The molecular weight excluding hydrogens is 298 g/mol. The molecule has 0 aliphatic rings. The van der Waals surface area contributed by atoms with Gasteiger partial charge >= 0.3 is 0 Å². The molecule has 0 fully saturated rings. The van der Waals surface area contributed by atoms with Crippen LogP contribution in [0.5, 0.6) is 0 Å². The number of carbonyl (C=O) groups is 1. The SMILES string of the molecule is Cc1csc(NC(=O)c2cc(F)c(Cl)cc2Cl)n1. The average Bonchev–Trinajstić information content (AvgIpc) is 2.69. The molecular formula is C11H7Cl2FN2OS. The molecule has 0 spiro atoms. The van der Waals surface area contributed by atoms with Crippen LogP contribution in [0.3, 0.4) is 0 Å². The number of hydrogen-bond donors (Lipinski definition) is 1. The molecule has 1 amide bonds. The molecule has 18 heavy (non-hydrogen) atoms. The van der Waals surface area contributed by atoms with Gasteiger partial charge in [-0.15, -0.1) is 11.3 Å². The van der Waals surface area contributed by atoms with Gasteiger partial charge in [0.2, 0.25) is 0 Å². The van der Waals surface area contributed by atoms with E-state index in [9.17, 15) is 9.18 Å². The molecule has 0 atom stereocenters. The first-order valence-corrected chi connectivity index (χ1v) is 6.49. The van der Waals surface area contributed by atoms with Gasteiger partial charge in [0.05, 0.1) is 21.3 Å². The van der Waals surface area contributed by atoms with Crippen LogP contribution in [-0.2, 0) is 0 Å². The van der Waals surface area contributed by atoms with Crippen molar-refractivity contribution in [2.24, 2.45) is 0 Å². The predicted molar refractivity (Wildman–Crippen MR) is 71.2 cm³/mol. The standard InChI is InChI=1S/C11H7Cl2FN2OS/c1-5-4-18-11(15-5)16-10(17)6-2-9(14)8(13)3-7(6)12/h2-4H,1H3,(H,15,16,17). The number of benzene rings is 1. The van der Waals surface area contributed by atoms with Gasteiger partial charge in [0.25, 0.3) is 5.91 Å². The van der Waals surface area contributed by atoms with E-state index in [1.165, 1.54) is 17.4 Å². The molecule has 1 N–H and O–H groups in total. The van der Waals surface area contributed by atoms with Gasteiger partial charge in [0, 0.05) is 5.38 Å². The highest BCUT2D eigenvalue weighted by Crippen LogP contribution is 2.25. The van der Waals surface area contributed by atoms with E-state index >= 15 is 0 Å². The summed E-state index contributed by atoms with van der Waals surface area (Å²) < 4.78 is 13.3. The van der Waals surface area contributed by atoms with Crippen LogP contribution < -0.4 is 5.32 Å².